The van der Waals surface area contributed by atoms with Gasteiger partial charge in [0.2, 0.25) is 5.91 Å². The zero-order valence-electron chi connectivity index (χ0n) is 16.0. The summed E-state index contributed by atoms with van der Waals surface area (Å²) >= 11 is 0. The van der Waals surface area contributed by atoms with Gasteiger partial charge in [0.1, 0.15) is 5.82 Å². The number of hydrogen-bond donors (Lipinski definition) is 1. The lowest BCUT2D eigenvalue weighted by Gasteiger charge is -2.36. The number of hydrogen-bond acceptors (Lipinski definition) is 5. The van der Waals surface area contributed by atoms with E-state index in [0.717, 1.165) is 25.9 Å². The third-order valence-electron chi connectivity index (χ3n) is 4.67. The minimum atomic E-state index is -0.303. The zero-order valence-corrected chi connectivity index (χ0v) is 16.0. The summed E-state index contributed by atoms with van der Waals surface area (Å²) in [7, 11) is 5.76. The summed E-state index contributed by atoms with van der Waals surface area (Å²) in [5, 5.41) is 2.71. The average Bonchev–Trinajstić information content (AvgIpc) is 2.62. The van der Waals surface area contributed by atoms with E-state index < -0.39 is 0 Å². The van der Waals surface area contributed by atoms with Crippen molar-refractivity contribution in [1.82, 2.24) is 4.90 Å². The largest absolute Gasteiger partial charge is 0.382 e. The molecule has 0 bridgehead atoms. The molecule has 1 fully saturated rings. The first-order chi connectivity index (χ1) is 12.5. The molecule has 1 aliphatic heterocycles. The van der Waals surface area contributed by atoms with Crippen molar-refractivity contribution in [3.8, 4) is 0 Å². The summed E-state index contributed by atoms with van der Waals surface area (Å²) in [6, 6.07) is 5.44. The van der Waals surface area contributed by atoms with Crippen molar-refractivity contribution in [2.45, 2.75) is 25.3 Å². The molecule has 7 heteroatoms. The van der Waals surface area contributed by atoms with Crippen LogP contribution in [0.25, 0.3) is 0 Å². The number of amides is 1. The second-order valence-electron chi connectivity index (χ2n) is 6.75. The molecule has 0 saturated carbocycles. The van der Waals surface area contributed by atoms with Crippen molar-refractivity contribution < 1.29 is 18.7 Å². The maximum absolute atomic E-state index is 14.5. The molecule has 1 saturated heterocycles. The predicted molar refractivity (Wildman–Crippen MR) is 101 cm³/mol. The number of piperidine rings is 1. The molecule has 0 spiro atoms. The smallest absolute Gasteiger partial charge is 0.226 e. The second kappa shape index (κ2) is 10.4. The molecule has 146 valence electrons. The molecule has 1 aromatic carbocycles. The molecular weight excluding hydrogens is 337 g/mol. The molecule has 0 radical (unpaired) electrons. The minimum Gasteiger partial charge on any atom is -0.382 e. The molecule has 6 nitrogen and oxygen atoms in total. The highest BCUT2D eigenvalue weighted by Crippen LogP contribution is 2.26. The summed E-state index contributed by atoms with van der Waals surface area (Å²) in [6.07, 6.45) is 2.27. The molecule has 0 aromatic heterocycles. The van der Waals surface area contributed by atoms with Crippen LogP contribution in [-0.2, 0) is 14.3 Å². The van der Waals surface area contributed by atoms with E-state index in [9.17, 15) is 9.18 Å². The quantitative estimate of drug-likeness (QED) is 0.679. The van der Waals surface area contributed by atoms with Crippen molar-refractivity contribution in [2.75, 3.05) is 64.3 Å². The van der Waals surface area contributed by atoms with E-state index in [2.05, 4.69) is 29.2 Å². The standard InChI is InChI=1S/C19H30FN3O3/c1-22(2)16-6-9-23(10-7-16)18-5-4-15(14-17(18)20)21-19(24)8-11-26-13-12-25-3/h4-5,14,16H,6-13H2,1-3H3,(H,21,24). The summed E-state index contributed by atoms with van der Waals surface area (Å²) in [5.74, 6) is -0.496. The Balaban J connectivity index is 1.82. The van der Waals surface area contributed by atoms with Gasteiger partial charge < -0.3 is 24.6 Å². The summed E-state index contributed by atoms with van der Waals surface area (Å²) in [5.41, 5.74) is 1.07. The molecule has 1 aliphatic rings. The molecule has 0 unspecified atom stereocenters. The highest BCUT2D eigenvalue weighted by Gasteiger charge is 2.22. The fourth-order valence-corrected chi connectivity index (χ4v) is 3.10. The van der Waals surface area contributed by atoms with Gasteiger partial charge in [-0.3, -0.25) is 4.79 Å². The fourth-order valence-electron chi connectivity index (χ4n) is 3.10. The number of halogens is 1. The van der Waals surface area contributed by atoms with Crippen molar-refractivity contribution >= 4 is 17.3 Å². The highest BCUT2D eigenvalue weighted by molar-refractivity contribution is 5.91. The highest BCUT2D eigenvalue weighted by atomic mass is 19.1. The van der Waals surface area contributed by atoms with E-state index in [1.807, 2.05) is 0 Å². The lowest BCUT2D eigenvalue weighted by Crippen LogP contribution is -2.42. The summed E-state index contributed by atoms with van der Waals surface area (Å²) < 4.78 is 24.6. The molecule has 0 atom stereocenters. The Bertz CT molecular complexity index is 575. The Kier molecular flexibility index (Phi) is 8.28. The van der Waals surface area contributed by atoms with Crippen molar-refractivity contribution in [1.29, 1.82) is 0 Å². The third kappa shape index (κ3) is 6.23. The molecule has 0 aliphatic carbocycles. The third-order valence-corrected chi connectivity index (χ3v) is 4.67. The number of nitrogens with zero attached hydrogens (tertiary/aromatic N) is 2. The van der Waals surface area contributed by atoms with E-state index >= 15 is 0 Å². The van der Waals surface area contributed by atoms with Gasteiger partial charge in [-0.05, 0) is 45.1 Å². The number of benzene rings is 1. The van der Waals surface area contributed by atoms with Crippen molar-refractivity contribution in [2.24, 2.45) is 0 Å². The summed E-state index contributed by atoms with van der Waals surface area (Å²) in [4.78, 5) is 16.2. The van der Waals surface area contributed by atoms with Gasteiger partial charge in [0.25, 0.3) is 0 Å². The fraction of sp³-hybridized carbons (Fsp3) is 0.632. The van der Waals surface area contributed by atoms with Gasteiger partial charge in [-0.25, -0.2) is 4.39 Å². The van der Waals surface area contributed by atoms with Crippen molar-refractivity contribution in [3.05, 3.63) is 24.0 Å². The van der Waals surface area contributed by atoms with Crippen LogP contribution in [0.3, 0.4) is 0 Å². The van der Waals surface area contributed by atoms with Crippen LogP contribution in [0.2, 0.25) is 0 Å². The monoisotopic (exact) mass is 367 g/mol. The lowest BCUT2D eigenvalue weighted by atomic mass is 10.0. The normalized spacial score (nSPS) is 15.5. The second-order valence-corrected chi connectivity index (χ2v) is 6.75. The number of anilines is 2. The first kappa shape index (κ1) is 20.6. The number of carbonyl (C=O) groups excluding carboxylic acids is 1. The first-order valence-corrected chi connectivity index (χ1v) is 9.08. The summed E-state index contributed by atoms with van der Waals surface area (Å²) in [6.45, 7) is 2.95. The number of carbonyl (C=O) groups is 1. The Morgan fingerprint density at radius 2 is 2.00 bits per heavy atom. The Labute approximate surface area is 155 Å². The molecule has 1 aromatic rings. The van der Waals surface area contributed by atoms with Crippen LogP contribution in [0.4, 0.5) is 15.8 Å². The minimum absolute atomic E-state index is 0.193. The maximum atomic E-state index is 14.5. The molecule has 1 amide bonds. The average molecular weight is 367 g/mol. The van der Waals surface area contributed by atoms with E-state index in [1.165, 1.54) is 6.07 Å². The van der Waals surface area contributed by atoms with Gasteiger partial charge in [-0.1, -0.05) is 0 Å². The van der Waals surface area contributed by atoms with Crippen LogP contribution in [0.1, 0.15) is 19.3 Å². The Hall–Kier alpha value is -1.70. The molecule has 1 N–H and O–H groups in total. The van der Waals surface area contributed by atoms with Crippen LogP contribution >= 0.6 is 0 Å². The Morgan fingerprint density at radius 3 is 2.62 bits per heavy atom. The number of nitrogens with one attached hydrogen (secondary N) is 1. The molecular formula is C19H30FN3O3. The number of methoxy groups -OCH3 is 1. The van der Waals surface area contributed by atoms with E-state index in [-0.39, 0.29) is 18.1 Å². The van der Waals surface area contributed by atoms with Crippen LogP contribution in [0, 0.1) is 5.82 Å². The Morgan fingerprint density at radius 1 is 1.27 bits per heavy atom. The van der Waals surface area contributed by atoms with Gasteiger partial charge in [0.15, 0.2) is 0 Å². The van der Waals surface area contributed by atoms with E-state index in [1.54, 1.807) is 19.2 Å². The first-order valence-electron chi connectivity index (χ1n) is 9.08. The predicted octanol–water partition coefficient (Wildman–Crippen LogP) is 2.35. The number of rotatable bonds is 9. The van der Waals surface area contributed by atoms with Gasteiger partial charge in [-0.2, -0.15) is 0 Å². The van der Waals surface area contributed by atoms with Crippen molar-refractivity contribution in [3.63, 3.8) is 0 Å². The number of ether oxygens (including phenoxy) is 2. The van der Waals surface area contributed by atoms with Crippen LogP contribution in [0.5, 0.6) is 0 Å². The van der Waals surface area contributed by atoms with Gasteiger partial charge >= 0.3 is 0 Å². The molecule has 1 heterocycles. The molecule has 26 heavy (non-hydrogen) atoms. The van der Waals surface area contributed by atoms with E-state index in [4.69, 9.17) is 9.47 Å². The maximum Gasteiger partial charge on any atom is 0.226 e. The van der Waals surface area contributed by atoms with Gasteiger partial charge in [0, 0.05) is 31.9 Å². The van der Waals surface area contributed by atoms with Crippen LogP contribution in [-0.4, -0.2) is 71.0 Å². The van der Waals surface area contributed by atoms with Gasteiger partial charge in [0.05, 0.1) is 31.9 Å². The molecule has 2 rings (SSSR count). The van der Waals surface area contributed by atoms with Crippen LogP contribution < -0.4 is 10.2 Å². The lowest BCUT2D eigenvalue weighted by molar-refractivity contribution is -0.117. The van der Waals surface area contributed by atoms with Gasteiger partial charge in [-0.15, -0.1) is 0 Å². The SMILES string of the molecule is COCCOCCC(=O)Nc1ccc(N2CCC(N(C)C)CC2)c(F)c1. The zero-order chi connectivity index (χ0) is 18.9. The topological polar surface area (TPSA) is 54.0 Å². The van der Waals surface area contributed by atoms with E-state index in [0.29, 0.717) is 37.2 Å². The van der Waals surface area contributed by atoms with Crippen LogP contribution in [0.15, 0.2) is 18.2 Å².